The van der Waals surface area contributed by atoms with Gasteiger partial charge >= 0.3 is 0 Å². The zero-order chi connectivity index (χ0) is 19.7. The second kappa shape index (κ2) is 7.43. The van der Waals surface area contributed by atoms with Crippen molar-refractivity contribution in [2.45, 2.75) is 27.2 Å². The van der Waals surface area contributed by atoms with Gasteiger partial charge in [-0.3, -0.25) is 0 Å². The van der Waals surface area contributed by atoms with Crippen LogP contribution in [-0.4, -0.2) is 21.1 Å². The molecule has 2 heterocycles. The molecule has 28 heavy (non-hydrogen) atoms. The standard InChI is InChI=1S/C23H23FN4/c1-15-6-4-7-18(12-15)10-11-25-23-16(2)17(3)26-22-14-21(27-28(22)23)19-8-5-9-20(24)13-19/h4-9,12-14,25H,10-11H2,1-3H3. The Morgan fingerprint density at radius 3 is 2.61 bits per heavy atom. The Morgan fingerprint density at radius 1 is 1.00 bits per heavy atom. The molecule has 2 aromatic heterocycles. The molecule has 4 aromatic rings. The van der Waals surface area contributed by atoms with Gasteiger partial charge in [-0.1, -0.05) is 42.0 Å². The van der Waals surface area contributed by atoms with Crippen LogP contribution in [0, 0.1) is 26.6 Å². The summed E-state index contributed by atoms with van der Waals surface area (Å²) in [7, 11) is 0. The number of aryl methyl sites for hydroxylation is 2. The van der Waals surface area contributed by atoms with Crippen molar-refractivity contribution in [2.75, 3.05) is 11.9 Å². The molecule has 5 heteroatoms. The third-order valence-corrected chi connectivity index (χ3v) is 4.99. The van der Waals surface area contributed by atoms with Gasteiger partial charge in [-0.25, -0.2) is 9.37 Å². The van der Waals surface area contributed by atoms with E-state index in [1.807, 2.05) is 30.5 Å². The van der Waals surface area contributed by atoms with Crippen LogP contribution in [0.3, 0.4) is 0 Å². The summed E-state index contributed by atoms with van der Waals surface area (Å²) < 4.78 is 15.4. The molecule has 0 aliphatic rings. The van der Waals surface area contributed by atoms with Crippen LogP contribution in [-0.2, 0) is 6.42 Å². The van der Waals surface area contributed by atoms with Crippen LogP contribution in [0.1, 0.15) is 22.4 Å². The van der Waals surface area contributed by atoms with Gasteiger partial charge in [0, 0.05) is 29.4 Å². The third kappa shape index (κ3) is 3.60. The smallest absolute Gasteiger partial charge is 0.158 e. The predicted molar refractivity (Wildman–Crippen MR) is 111 cm³/mol. The number of hydrogen-bond donors (Lipinski definition) is 1. The summed E-state index contributed by atoms with van der Waals surface area (Å²) in [4.78, 5) is 4.65. The molecule has 0 bridgehead atoms. The van der Waals surface area contributed by atoms with E-state index in [9.17, 15) is 4.39 Å². The maximum Gasteiger partial charge on any atom is 0.158 e. The average Bonchev–Trinajstić information content (AvgIpc) is 3.08. The molecule has 4 rings (SSSR count). The van der Waals surface area contributed by atoms with Crippen LogP contribution in [0.25, 0.3) is 16.9 Å². The highest BCUT2D eigenvalue weighted by Gasteiger charge is 2.13. The molecular formula is C23H23FN4. The number of anilines is 1. The highest BCUT2D eigenvalue weighted by molar-refractivity contribution is 5.66. The minimum Gasteiger partial charge on any atom is -0.369 e. The molecule has 4 nitrogen and oxygen atoms in total. The van der Waals surface area contributed by atoms with Crippen LogP contribution in [0.5, 0.6) is 0 Å². The fraction of sp³-hybridized carbons (Fsp3) is 0.217. The van der Waals surface area contributed by atoms with E-state index in [1.54, 1.807) is 6.07 Å². The first kappa shape index (κ1) is 18.2. The second-order valence-corrected chi connectivity index (χ2v) is 7.15. The highest BCUT2D eigenvalue weighted by Crippen LogP contribution is 2.25. The van der Waals surface area contributed by atoms with Crippen molar-refractivity contribution in [3.8, 4) is 11.3 Å². The van der Waals surface area contributed by atoms with E-state index in [-0.39, 0.29) is 5.82 Å². The molecule has 1 N–H and O–H groups in total. The topological polar surface area (TPSA) is 42.2 Å². The summed E-state index contributed by atoms with van der Waals surface area (Å²) in [6.45, 7) is 6.93. The number of rotatable bonds is 5. The monoisotopic (exact) mass is 374 g/mol. The number of aromatic nitrogens is 3. The molecule has 0 spiro atoms. The molecule has 0 aliphatic carbocycles. The van der Waals surface area contributed by atoms with E-state index in [0.29, 0.717) is 5.69 Å². The lowest BCUT2D eigenvalue weighted by atomic mass is 10.1. The lowest BCUT2D eigenvalue weighted by molar-refractivity contribution is 0.628. The molecule has 0 fully saturated rings. The van der Waals surface area contributed by atoms with Crippen LogP contribution in [0.15, 0.2) is 54.6 Å². The van der Waals surface area contributed by atoms with Crippen molar-refractivity contribution < 1.29 is 4.39 Å². The van der Waals surface area contributed by atoms with E-state index in [2.05, 4.69) is 41.5 Å². The quantitative estimate of drug-likeness (QED) is 0.527. The SMILES string of the molecule is Cc1cccc(CCNc2c(C)c(C)nc3cc(-c4cccc(F)c4)nn23)c1. The molecule has 0 saturated carbocycles. The van der Waals surface area contributed by atoms with Gasteiger partial charge in [0.25, 0.3) is 0 Å². The summed E-state index contributed by atoms with van der Waals surface area (Å²) in [5.41, 5.74) is 6.78. The van der Waals surface area contributed by atoms with Crippen LogP contribution >= 0.6 is 0 Å². The maximum atomic E-state index is 13.6. The molecular weight excluding hydrogens is 351 g/mol. The van der Waals surface area contributed by atoms with Gasteiger partial charge in [0.1, 0.15) is 11.6 Å². The van der Waals surface area contributed by atoms with Gasteiger partial charge in [0.2, 0.25) is 0 Å². The molecule has 0 radical (unpaired) electrons. The lowest BCUT2D eigenvalue weighted by Crippen LogP contribution is -2.12. The summed E-state index contributed by atoms with van der Waals surface area (Å²) in [5.74, 6) is 0.657. The number of halogens is 1. The Labute approximate surface area is 164 Å². The van der Waals surface area contributed by atoms with Crippen molar-refractivity contribution in [3.05, 3.63) is 82.8 Å². The highest BCUT2D eigenvalue weighted by atomic mass is 19.1. The third-order valence-electron chi connectivity index (χ3n) is 4.99. The molecule has 0 amide bonds. The zero-order valence-electron chi connectivity index (χ0n) is 16.3. The number of benzene rings is 2. The Morgan fingerprint density at radius 2 is 1.82 bits per heavy atom. The molecule has 0 saturated heterocycles. The van der Waals surface area contributed by atoms with E-state index >= 15 is 0 Å². The Balaban J connectivity index is 1.65. The normalized spacial score (nSPS) is 11.1. The first-order valence-electron chi connectivity index (χ1n) is 9.43. The maximum absolute atomic E-state index is 13.6. The Kier molecular flexibility index (Phi) is 4.82. The predicted octanol–water partition coefficient (Wildman–Crippen LogP) is 5.12. The van der Waals surface area contributed by atoms with Crippen LogP contribution in [0.2, 0.25) is 0 Å². The van der Waals surface area contributed by atoms with Crippen LogP contribution in [0.4, 0.5) is 10.2 Å². The fourth-order valence-corrected chi connectivity index (χ4v) is 3.39. The van der Waals surface area contributed by atoms with E-state index < -0.39 is 0 Å². The van der Waals surface area contributed by atoms with Crippen molar-refractivity contribution >= 4 is 11.5 Å². The first-order chi connectivity index (χ1) is 13.5. The number of hydrogen-bond acceptors (Lipinski definition) is 3. The lowest BCUT2D eigenvalue weighted by Gasteiger charge is -2.13. The number of nitrogens with one attached hydrogen (secondary N) is 1. The molecule has 0 aliphatic heterocycles. The second-order valence-electron chi connectivity index (χ2n) is 7.15. The molecule has 2 aromatic carbocycles. The summed E-state index contributed by atoms with van der Waals surface area (Å²) >= 11 is 0. The van der Waals surface area contributed by atoms with E-state index in [0.717, 1.165) is 41.3 Å². The van der Waals surface area contributed by atoms with E-state index in [4.69, 9.17) is 5.10 Å². The van der Waals surface area contributed by atoms with Gasteiger partial charge in [-0.2, -0.15) is 9.61 Å². The average molecular weight is 374 g/mol. The molecule has 142 valence electrons. The van der Waals surface area contributed by atoms with E-state index in [1.165, 1.54) is 23.3 Å². The van der Waals surface area contributed by atoms with Crippen molar-refractivity contribution in [3.63, 3.8) is 0 Å². The molecule has 0 atom stereocenters. The zero-order valence-corrected chi connectivity index (χ0v) is 16.3. The number of nitrogens with zero attached hydrogens (tertiary/aromatic N) is 3. The number of fused-ring (bicyclic) bond motifs is 1. The summed E-state index contributed by atoms with van der Waals surface area (Å²) in [6, 6.07) is 16.9. The van der Waals surface area contributed by atoms with Gasteiger partial charge in [0.05, 0.1) is 5.69 Å². The Bertz CT molecular complexity index is 1150. The summed E-state index contributed by atoms with van der Waals surface area (Å²) in [5, 5.41) is 8.22. The molecule has 0 unspecified atom stereocenters. The van der Waals surface area contributed by atoms with Crippen molar-refractivity contribution in [1.29, 1.82) is 0 Å². The fourth-order valence-electron chi connectivity index (χ4n) is 3.39. The largest absolute Gasteiger partial charge is 0.369 e. The van der Waals surface area contributed by atoms with Gasteiger partial charge in [-0.05, 0) is 44.9 Å². The van der Waals surface area contributed by atoms with Gasteiger partial charge in [0.15, 0.2) is 5.65 Å². The van der Waals surface area contributed by atoms with Gasteiger partial charge in [-0.15, -0.1) is 0 Å². The first-order valence-corrected chi connectivity index (χ1v) is 9.43. The minimum atomic E-state index is -0.272. The minimum absolute atomic E-state index is 0.272. The van der Waals surface area contributed by atoms with Crippen molar-refractivity contribution in [2.24, 2.45) is 0 Å². The van der Waals surface area contributed by atoms with Gasteiger partial charge < -0.3 is 5.32 Å². The Hall–Kier alpha value is -3.21. The van der Waals surface area contributed by atoms with Crippen molar-refractivity contribution in [1.82, 2.24) is 14.6 Å². The van der Waals surface area contributed by atoms with Crippen LogP contribution < -0.4 is 5.32 Å². The summed E-state index contributed by atoms with van der Waals surface area (Å²) in [6.07, 6.45) is 0.919.